The van der Waals surface area contributed by atoms with Crippen molar-refractivity contribution in [3.8, 4) is 0 Å². The number of hydrogen-bond acceptors (Lipinski definition) is 3. The molecule has 0 radical (unpaired) electrons. The smallest absolute Gasteiger partial charge is 0.240 e. The number of hydrogen-bond donors (Lipinski definition) is 2. The number of rotatable bonds is 6. The minimum absolute atomic E-state index is 0.107. The quantitative estimate of drug-likeness (QED) is 0.840. The van der Waals surface area contributed by atoms with Gasteiger partial charge in [0.2, 0.25) is 10.0 Å². The molecule has 0 saturated heterocycles. The summed E-state index contributed by atoms with van der Waals surface area (Å²) in [5.74, 6) is -0.370. The molecule has 1 atom stereocenters. The van der Waals surface area contributed by atoms with E-state index in [9.17, 15) is 17.9 Å². The van der Waals surface area contributed by atoms with Crippen molar-refractivity contribution in [2.75, 3.05) is 6.54 Å². The molecule has 1 unspecified atom stereocenters. The summed E-state index contributed by atoms with van der Waals surface area (Å²) in [6.45, 7) is 5.34. The van der Waals surface area contributed by atoms with Gasteiger partial charge in [-0.2, -0.15) is 0 Å². The first-order valence-electron chi connectivity index (χ1n) is 6.10. The van der Waals surface area contributed by atoms with Crippen LogP contribution < -0.4 is 4.72 Å². The monoisotopic (exact) mass is 289 g/mol. The van der Waals surface area contributed by atoms with Crippen molar-refractivity contribution in [3.05, 3.63) is 30.1 Å². The van der Waals surface area contributed by atoms with Gasteiger partial charge in [-0.1, -0.05) is 19.9 Å². The fourth-order valence-corrected chi connectivity index (χ4v) is 3.11. The lowest BCUT2D eigenvalue weighted by molar-refractivity contribution is 0.0437. The van der Waals surface area contributed by atoms with Gasteiger partial charge in [0.25, 0.3) is 0 Å². The van der Waals surface area contributed by atoms with Gasteiger partial charge in [0.05, 0.1) is 10.5 Å². The van der Waals surface area contributed by atoms with Crippen LogP contribution in [0.4, 0.5) is 4.39 Å². The molecule has 4 nitrogen and oxygen atoms in total. The summed E-state index contributed by atoms with van der Waals surface area (Å²) in [5.41, 5.74) is -1.13. The van der Waals surface area contributed by atoms with Crippen molar-refractivity contribution >= 4 is 10.0 Å². The van der Waals surface area contributed by atoms with E-state index >= 15 is 0 Å². The second-order valence-corrected chi connectivity index (χ2v) is 7.14. The van der Waals surface area contributed by atoms with Crippen molar-refractivity contribution in [1.82, 2.24) is 4.72 Å². The molecule has 0 amide bonds. The molecule has 0 aliphatic rings. The molecule has 0 saturated carbocycles. The highest BCUT2D eigenvalue weighted by Gasteiger charge is 2.25. The highest BCUT2D eigenvalue weighted by atomic mass is 32.2. The van der Waals surface area contributed by atoms with Crippen molar-refractivity contribution < 1.29 is 17.9 Å². The fraction of sp³-hybridized carbons (Fsp3) is 0.538. The second kappa shape index (κ2) is 5.98. The van der Waals surface area contributed by atoms with Crippen LogP contribution in [0.3, 0.4) is 0 Å². The van der Waals surface area contributed by atoms with Crippen molar-refractivity contribution in [2.45, 2.75) is 37.7 Å². The number of benzene rings is 1. The summed E-state index contributed by atoms with van der Waals surface area (Å²) in [4.78, 5) is -0.146. The maximum atomic E-state index is 13.0. The average molecular weight is 289 g/mol. The van der Waals surface area contributed by atoms with Crippen LogP contribution in [0.15, 0.2) is 29.2 Å². The Balaban J connectivity index is 2.76. The van der Waals surface area contributed by atoms with Crippen LogP contribution in [0.1, 0.15) is 27.2 Å². The Hall–Kier alpha value is -0.980. The first-order valence-corrected chi connectivity index (χ1v) is 7.58. The highest BCUT2D eigenvalue weighted by molar-refractivity contribution is 7.89. The zero-order valence-electron chi connectivity index (χ0n) is 11.4. The predicted octanol–water partition coefficient (Wildman–Crippen LogP) is 1.90. The van der Waals surface area contributed by atoms with Crippen molar-refractivity contribution in [2.24, 2.45) is 5.92 Å². The topological polar surface area (TPSA) is 66.4 Å². The van der Waals surface area contributed by atoms with Crippen LogP contribution >= 0.6 is 0 Å². The molecule has 0 heterocycles. The minimum Gasteiger partial charge on any atom is -0.389 e. The molecule has 19 heavy (non-hydrogen) atoms. The Morgan fingerprint density at radius 1 is 1.42 bits per heavy atom. The molecule has 108 valence electrons. The molecule has 0 aliphatic heterocycles. The summed E-state index contributed by atoms with van der Waals surface area (Å²) in [6, 6.07) is 4.76. The van der Waals surface area contributed by atoms with E-state index in [1.807, 2.05) is 13.8 Å². The van der Waals surface area contributed by atoms with Crippen molar-refractivity contribution in [1.29, 1.82) is 0 Å². The van der Waals surface area contributed by atoms with Gasteiger partial charge >= 0.3 is 0 Å². The third-order valence-electron chi connectivity index (χ3n) is 2.60. The lowest BCUT2D eigenvalue weighted by atomic mass is 9.95. The third kappa shape index (κ3) is 5.26. The Labute approximate surface area is 113 Å². The molecular weight excluding hydrogens is 269 g/mol. The van der Waals surface area contributed by atoms with E-state index in [0.29, 0.717) is 6.42 Å². The van der Waals surface area contributed by atoms with Gasteiger partial charge < -0.3 is 5.11 Å². The average Bonchev–Trinajstić information content (AvgIpc) is 2.25. The largest absolute Gasteiger partial charge is 0.389 e. The van der Waals surface area contributed by atoms with Crippen LogP contribution in [-0.2, 0) is 10.0 Å². The molecular formula is C13H20FNO3S. The Kier molecular flexibility index (Phi) is 5.06. The van der Waals surface area contributed by atoms with Crippen molar-refractivity contribution in [3.63, 3.8) is 0 Å². The molecule has 1 aromatic carbocycles. The molecule has 1 rings (SSSR count). The summed E-state index contributed by atoms with van der Waals surface area (Å²) in [5, 5.41) is 10.0. The number of nitrogens with one attached hydrogen (secondary N) is 1. The number of halogens is 1. The summed E-state index contributed by atoms with van der Waals surface area (Å²) < 4.78 is 39.2. The second-order valence-electron chi connectivity index (χ2n) is 5.38. The molecule has 6 heteroatoms. The molecule has 2 N–H and O–H groups in total. The van der Waals surface area contributed by atoms with Crippen LogP contribution in [0, 0.1) is 11.7 Å². The summed E-state index contributed by atoms with van der Waals surface area (Å²) in [6.07, 6.45) is 0.471. The first kappa shape index (κ1) is 16.1. The van der Waals surface area contributed by atoms with Gasteiger partial charge in [-0.15, -0.1) is 0 Å². The predicted molar refractivity (Wildman–Crippen MR) is 71.7 cm³/mol. The van der Waals surface area contributed by atoms with E-state index in [2.05, 4.69) is 4.72 Å². The molecule has 0 spiro atoms. The van der Waals surface area contributed by atoms with Gasteiger partial charge in [-0.3, -0.25) is 0 Å². The Morgan fingerprint density at radius 2 is 2.05 bits per heavy atom. The Morgan fingerprint density at radius 3 is 2.58 bits per heavy atom. The zero-order chi connectivity index (χ0) is 14.7. The summed E-state index contributed by atoms with van der Waals surface area (Å²) in [7, 11) is -3.80. The fourth-order valence-electron chi connectivity index (χ4n) is 1.92. The molecule has 0 bridgehead atoms. The van der Waals surface area contributed by atoms with Gasteiger partial charge in [0, 0.05) is 6.54 Å². The maximum absolute atomic E-state index is 13.0. The van der Waals surface area contributed by atoms with Crippen LogP contribution in [0.5, 0.6) is 0 Å². The van der Waals surface area contributed by atoms with Gasteiger partial charge in [0.15, 0.2) is 0 Å². The highest BCUT2D eigenvalue weighted by Crippen LogP contribution is 2.17. The normalized spacial score (nSPS) is 15.5. The number of aliphatic hydroxyl groups is 1. The van der Waals surface area contributed by atoms with E-state index in [0.717, 1.165) is 6.07 Å². The molecule has 0 fully saturated rings. The van der Waals surface area contributed by atoms with E-state index < -0.39 is 21.4 Å². The van der Waals surface area contributed by atoms with Gasteiger partial charge in [0.1, 0.15) is 5.82 Å². The Bertz CT molecular complexity index is 526. The van der Waals surface area contributed by atoms with E-state index in [1.165, 1.54) is 18.2 Å². The van der Waals surface area contributed by atoms with Crippen LogP contribution in [0.2, 0.25) is 0 Å². The third-order valence-corrected chi connectivity index (χ3v) is 4.00. The van der Waals surface area contributed by atoms with Gasteiger partial charge in [-0.25, -0.2) is 17.5 Å². The molecule has 0 aromatic heterocycles. The zero-order valence-corrected chi connectivity index (χ0v) is 12.2. The van der Waals surface area contributed by atoms with E-state index in [-0.39, 0.29) is 17.4 Å². The number of sulfonamides is 1. The SMILES string of the molecule is CC(C)CC(C)(O)CNS(=O)(=O)c1cccc(F)c1. The first-order chi connectivity index (χ1) is 8.62. The summed E-state index contributed by atoms with van der Waals surface area (Å²) >= 11 is 0. The van der Waals surface area contributed by atoms with Crippen LogP contribution in [0.25, 0.3) is 0 Å². The minimum atomic E-state index is -3.80. The van der Waals surface area contributed by atoms with E-state index in [4.69, 9.17) is 0 Å². The van der Waals surface area contributed by atoms with Crippen LogP contribution in [-0.4, -0.2) is 25.7 Å². The molecule has 0 aliphatic carbocycles. The lowest BCUT2D eigenvalue weighted by Gasteiger charge is -2.25. The van der Waals surface area contributed by atoms with Gasteiger partial charge in [-0.05, 0) is 37.5 Å². The molecule has 1 aromatic rings. The lowest BCUT2D eigenvalue weighted by Crippen LogP contribution is -2.41. The standard InChI is InChI=1S/C13H20FNO3S/c1-10(2)8-13(3,16)9-15-19(17,18)12-6-4-5-11(14)7-12/h4-7,10,15-16H,8-9H2,1-3H3. The maximum Gasteiger partial charge on any atom is 0.240 e. The van der Waals surface area contributed by atoms with E-state index in [1.54, 1.807) is 6.92 Å².